The molecule has 4 aliphatic carbocycles. The number of halogens is 2. The number of carbonyl (C=O) groups excluding carboxylic acids is 1. The zero-order valence-electron chi connectivity index (χ0n) is 12.1. The first-order valence-corrected chi connectivity index (χ1v) is 8.99. The quantitative estimate of drug-likeness (QED) is 0.750. The minimum Gasteiger partial charge on any atom is -0.390 e. The summed E-state index contributed by atoms with van der Waals surface area (Å²) in [4.78, 5) is 11.5. The van der Waals surface area contributed by atoms with E-state index in [1.807, 2.05) is 0 Å². The SMILES string of the molecule is O=C(CCC12CC3CC(CC(O)(C3)C1)C2)C(F)(F)S(=O)(=O)O. The van der Waals surface area contributed by atoms with Crippen LogP contribution in [0.2, 0.25) is 0 Å². The van der Waals surface area contributed by atoms with E-state index in [1.165, 1.54) is 0 Å². The first-order valence-electron chi connectivity index (χ1n) is 7.55. The van der Waals surface area contributed by atoms with E-state index >= 15 is 0 Å². The molecule has 8 heteroatoms. The van der Waals surface area contributed by atoms with Gasteiger partial charge in [-0.3, -0.25) is 9.35 Å². The summed E-state index contributed by atoms with van der Waals surface area (Å²) in [5.74, 6) is -1.04. The van der Waals surface area contributed by atoms with Crippen LogP contribution in [0.25, 0.3) is 0 Å². The summed E-state index contributed by atoms with van der Waals surface area (Å²) >= 11 is 0. The van der Waals surface area contributed by atoms with E-state index in [9.17, 15) is 27.1 Å². The second kappa shape index (κ2) is 4.70. The molecule has 4 saturated carbocycles. The van der Waals surface area contributed by atoms with Gasteiger partial charge in [-0.05, 0) is 62.2 Å². The van der Waals surface area contributed by atoms with E-state index < -0.39 is 33.2 Å². The van der Waals surface area contributed by atoms with Crippen molar-refractivity contribution in [2.45, 2.75) is 62.2 Å². The van der Waals surface area contributed by atoms with E-state index in [1.54, 1.807) is 0 Å². The summed E-state index contributed by atoms with van der Waals surface area (Å²) in [6.07, 6.45) is 4.17. The zero-order chi connectivity index (χ0) is 16.4. The highest BCUT2D eigenvalue weighted by Gasteiger charge is 2.58. The van der Waals surface area contributed by atoms with Gasteiger partial charge in [-0.1, -0.05) is 0 Å². The molecule has 0 aromatic heterocycles. The summed E-state index contributed by atoms with van der Waals surface area (Å²) < 4.78 is 56.3. The van der Waals surface area contributed by atoms with Crippen molar-refractivity contribution in [3.63, 3.8) is 0 Å². The smallest absolute Gasteiger partial charge is 0.390 e. The number of aliphatic hydroxyl groups is 1. The van der Waals surface area contributed by atoms with Crippen LogP contribution < -0.4 is 0 Å². The average molecular weight is 338 g/mol. The molecule has 4 rings (SSSR count). The normalized spacial score (nSPS) is 40.9. The number of hydrogen-bond donors (Lipinski definition) is 2. The van der Waals surface area contributed by atoms with Crippen molar-refractivity contribution in [3.8, 4) is 0 Å². The Morgan fingerprint density at radius 1 is 1.18 bits per heavy atom. The fraction of sp³-hybridized carbons (Fsp3) is 0.929. The Labute approximate surface area is 127 Å². The molecule has 0 aromatic carbocycles. The van der Waals surface area contributed by atoms with Crippen LogP contribution in [-0.4, -0.2) is 34.7 Å². The Bertz CT molecular complexity index is 586. The van der Waals surface area contributed by atoms with Gasteiger partial charge in [-0.25, -0.2) is 0 Å². The number of alkyl halides is 2. The number of Topliss-reactive ketones (excluding diaryl/α,β-unsaturated/α-hetero) is 1. The second-order valence-corrected chi connectivity index (χ2v) is 9.06. The first kappa shape index (κ1) is 16.3. The molecule has 0 amide bonds. The summed E-state index contributed by atoms with van der Waals surface area (Å²) in [5, 5.41) is 5.81. The minimum absolute atomic E-state index is 0.145. The molecule has 0 aliphatic heterocycles. The van der Waals surface area contributed by atoms with Crippen molar-refractivity contribution < 1.29 is 31.7 Å². The van der Waals surface area contributed by atoms with Gasteiger partial charge in [0.15, 0.2) is 0 Å². The van der Waals surface area contributed by atoms with Gasteiger partial charge in [0.1, 0.15) is 0 Å². The predicted molar refractivity (Wildman–Crippen MR) is 72.8 cm³/mol. The Morgan fingerprint density at radius 3 is 2.18 bits per heavy atom. The Morgan fingerprint density at radius 2 is 1.73 bits per heavy atom. The van der Waals surface area contributed by atoms with Gasteiger partial charge < -0.3 is 5.11 Å². The molecule has 4 fully saturated rings. The lowest BCUT2D eigenvalue weighted by Gasteiger charge is -2.60. The number of ketones is 1. The maximum Gasteiger partial charge on any atom is 0.426 e. The summed E-state index contributed by atoms with van der Waals surface area (Å²) in [6, 6.07) is 0. The predicted octanol–water partition coefficient (Wildman–Crippen LogP) is 2.15. The molecule has 0 aromatic rings. The number of carbonyl (C=O) groups is 1. The Balaban J connectivity index is 1.71. The molecule has 0 radical (unpaired) electrons. The lowest BCUT2D eigenvalue weighted by Crippen LogP contribution is -2.55. The molecule has 2 unspecified atom stereocenters. The van der Waals surface area contributed by atoms with Crippen LogP contribution in [0.3, 0.4) is 0 Å². The molecule has 2 atom stereocenters. The molecule has 2 N–H and O–H groups in total. The molecule has 0 heterocycles. The topological polar surface area (TPSA) is 91.7 Å². The monoisotopic (exact) mass is 338 g/mol. The van der Waals surface area contributed by atoms with E-state index in [-0.39, 0.29) is 11.8 Å². The Kier molecular flexibility index (Phi) is 3.48. The lowest BCUT2D eigenvalue weighted by molar-refractivity contribution is -0.168. The van der Waals surface area contributed by atoms with Gasteiger partial charge in [0, 0.05) is 6.42 Å². The van der Waals surface area contributed by atoms with Crippen LogP contribution >= 0.6 is 0 Å². The van der Waals surface area contributed by atoms with E-state index in [0.717, 1.165) is 32.1 Å². The highest BCUT2D eigenvalue weighted by atomic mass is 32.2. The molecule has 0 saturated heterocycles. The largest absolute Gasteiger partial charge is 0.426 e. The zero-order valence-corrected chi connectivity index (χ0v) is 12.9. The van der Waals surface area contributed by atoms with Crippen molar-refractivity contribution >= 4 is 15.9 Å². The van der Waals surface area contributed by atoms with Gasteiger partial charge in [-0.2, -0.15) is 17.2 Å². The van der Waals surface area contributed by atoms with Crippen LogP contribution in [0.5, 0.6) is 0 Å². The third-order valence-electron chi connectivity index (χ3n) is 5.68. The van der Waals surface area contributed by atoms with Gasteiger partial charge >= 0.3 is 15.4 Å². The first-order chi connectivity index (χ1) is 9.95. The highest BCUT2D eigenvalue weighted by Crippen LogP contribution is 2.63. The molecular weight excluding hydrogens is 318 g/mol. The molecule has 22 heavy (non-hydrogen) atoms. The van der Waals surface area contributed by atoms with Gasteiger partial charge in [-0.15, -0.1) is 0 Å². The highest BCUT2D eigenvalue weighted by molar-refractivity contribution is 7.87. The maximum atomic E-state index is 13.3. The molecule has 126 valence electrons. The molecule has 5 nitrogen and oxygen atoms in total. The maximum absolute atomic E-state index is 13.3. The van der Waals surface area contributed by atoms with Crippen LogP contribution in [0.1, 0.15) is 51.4 Å². The lowest BCUT2D eigenvalue weighted by atomic mass is 9.47. The number of hydrogen-bond acceptors (Lipinski definition) is 4. The third-order valence-corrected chi connectivity index (χ3v) is 6.56. The standard InChI is InChI=1S/C14H20F2O5S/c15-14(16,22(19,20)21)11(17)1-2-12-4-9-3-10(5-12)7-13(18,6-9)8-12/h9-10,18H,1-8H2,(H,19,20,21). The van der Waals surface area contributed by atoms with Crippen molar-refractivity contribution in [2.24, 2.45) is 17.3 Å². The van der Waals surface area contributed by atoms with Gasteiger partial charge in [0.05, 0.1) is 5.60 Å². The van der Waals surface area contributed by atoms with Crippen LogP contribution in [0, 0.1) is 17.3 Å². The summed E-state index contributed by atoms with van der Waals surface area (Å²) in [7, 11) is -5.72. The third kappa shape index (κ3) is 2.59. The minimum atomic E-state index is -5.72. The van der Waals surface area contributed by atoms with Gasteiger partial charge in [0.25, 0.3) is 0 Å². The van der Waals surface area contributed by atoms with Crippen molar-refractivity contribution in [1.29, 1.82) is 0 Å². The number of rotatable bonds is 5. The fourth-order valence-electron chi connectivity index (χ4n) is 5.36. The summed E-state index contributed by atoms with van der Waals surface area (Å²) in [6.45, 7) is 0. The van der Waals surface area contributed by atoms with E-state index in [4.69, 9.17) is 4.55 Å². The molecule has 0 spiro atoms. The van der Waals surface area contributed by atoms with Crippen molar-refractivity contribution in [3.05, 3.63) is 0 Å². The molecule has 4 bridgehead atoms. The van der Waals surface area contributed by atoms with Crippen molar-refractivity contribution in [2.75, 3.05) is 0 Å². The summed E-state index contributed by atoms with van der Waals surface area (Å²) in [5.41, 5.74) is -1.09. The fourth-order valence-corrected chi connectivity index (χ4v) is 5.75. The Hall–Kier alpha value is -0.600. The van der Waals surface area contributed by atoms with Crippen LogP contribution in [0.4, 0.5) is 8.78 Å². The van der Waals surface area contributed by atoms with Crippen molar-refractivity contribution in [1.82, 2.24) is 0 Å². The van der Waals surface area contributed by atoms with Gasteiger partial charge in [0.2, 0.25) is 5.78 Å². The van der Waals surface area contributed by atoms with Crippen LogP contribution in [-0.2, 0) is 14.9 Å². The van der Waals surface area contributed by atoms with E-state index in [0.29, 0.717) is 18.3 Å². The molecular formula is C14H20F2O5S. The second-order valence-electron chi connectivity index (χ2n) is 7.60. The van der Waals surface area contributed by atoms with Crippen LogP contribution in [0.15, 0.2) is 0 Å². The van der Waals surface area contributed by atoms with E-state index in [2.05, 4.69) is 0 Å². The average Bonchev–Trinajstić information content (AvgIpc) is 2.31. The molecule has 4 aliphatic rings.